The number of hydrogen-bond donors (Lipinski definition) is 3. The van der Waals surface area contributed by atoms with E-state index < -0.39 is 15.9 Å². The Morgan fingerprint density at radius 1 is 1.02 bits per heavy atom. The number of amidine groups is 1. The molecule has 4 aromatic carbocycles. The van der Waals surface area contributed by atoms with E-state index in [2.05, 4.69) is 15.0 Å². The summed E-state index contributed by atoms with van der Waals surface area (Å²) in [4.78, 5) is 30.0. The van der Waals surface area contributed by atoms with Gasteiger partial charge in [-0.3, -0.25) is 9.59 Å². The fraction of sp³-hybridized carbons (Fsp3) is 0.0938. The van der Waals surface area contributed by atoms with Crippen LogP contribution in [0.5, 0.6) is 11.5 Å². The zero-order chi connectivity index (χ0) is 30.6. The molecule has 9 nitrogen and oxygen atoms in total. The number of phenolic OH excluding ortho intramolecular Hbond substituents is 1. The number of aromatic hydroxyl groups is 1. The number of rotatable bonds is 8. The molecule has 0 bridgehead atoms. The Bertz CT molecular complexity index is 1850. The van der Waals surface area contributed by atoms with Gasteiger partial charge in [-0.15, -0.1) is 0 Å². The van der Waals surface area contributed by atoms with Crippen molar-refractivity contribution in [3.8, 4) is 22.6 Å². The smallest absolute Gasteiger partial charge is 0.264 e. The summed E-state index contributed by atoms with van der Waals surface area (Å²) in [5.74, 6) is -0.683. The number of aryl methyl sites for hydroxylation is 1. The van der Waals surface area contributed by atoms with Gasteiger partial charge in [-0.2, -0.15) is 0 Å². The summed E-state index contributed by atoms with van der Waals surface area (Å²) >= 11 is 1.16. The summed E-state index contributed by atoms with van der Waals surface area (Å²) in [6.45, 7) is 1.84. The lowest BCUT2D eigenvalue weighted by Crippen LogP contribution is -2.31. The van der Waals surface area contributed by atoms with Gasteiger partial charge >= 0.3 is 0 Å². The predicted molar refractivity (Wildman–Crippen MR) is 168 cm³/mol. The molecule has 218 valence electrons. The zero-order valence-electron chi connectivity index (χ0n) is 23.2. The van der Waals surface area contributed by atoms with E-state index in [0.29, 0.717) is 32.5 Å². The van der Waals surface area contributed by atoms with Crippen LogP contribution < -0.4 is 14.8 Å². The van der Waals surface area contributed by atoms with Crippen LogP contribution in [0.15, 0.2) is 106 Å². The van der Waals surface area contributed by atoms with Crippen molar-refractivity contribution in [1.29, 1.82) is 0 Å². The predicted octanol–water partition coefficient (Wildman–Crippen LogP) is 5.32. The van der Waals surface area contributed by atoms with Crippen LogP contribution in [0.1, 0.15) is 16.7 Å². The summed E-state index contributed by atoms with van der Waals surface area (Å²) in [6, 6.07) is 25.7. The Hall–Kier alpha value is -4.87. The minimum Gasteiger partial charge on any atom is -0.504 e. The van der Waals surface area contributed by atoms with Crippen LogP contribution in [0.3, 0.4) is 0 Å². The molecule has 3 N–H and O–H groups in total. The quantitative estimate of drug-likeness (QED) is 0.229. The summed E-state index contributed by atoms with van der Waals surface area (Å²) in [5.41, 5.74) is 4.09. The van der Waals surface area contributed by atoms with Gasteiger partial charge in [-0.25, -0.2) is 18.1 Å². The second-order valence-corrected chi connectivity index (χ2v) is 12.4. The van der Waals surface area contributed by atoms with E-state index in [4.69, 9.17) is 4.74 Å². The third-order valence-electron chi connectivity index (χ3n) is 6.46. The Balaban J connectivity index is 1.27. The number of methoxy groups -OCH3 is 1. The minimum atomic E-state index is -3.97. The second kappa shape index (κ2) is 12.6. The monoisotopic (exact) mass is 613 g/mol. The van der Waals surface area contributed by atoms with Gasteiger partial charge in [-0.05, 0) is 77.9 Å². The maximum Gasteiger partial charge on any atom is 0.264 e. The van der Waals surface area contributed by atoms with Gasteiger partial charge in [0.1, 0.15) is 0 Å². The molecule has 1 aliphatic rings. The molecule has 0 unspecified atom stereocenters. The number of thioether (sulfide) groups is 1. The molecule has 0 atom stereocenters. The summed E-state index contributed by atoms with van der Waals surface area (Å²) in [5, 5.41) is 13.8. The molecule has 2 amide bonds. The van der Waals surface area contributed by atoms with E-state index in [1.165, 1.54) is 19.2 Å². The lowest BCUT2D eigenvalue weighted by molar-refractivity contribution is -0.118. The lowest BCUT2D eigenvalue weighted by Gasteiger charge is -2.11. The summed E-state index contributed by atoms with van der Waals surface area (Å²) in [7, 11) is -2.50. The van der Waals surface area contributed by atoms with Gasteiger partial charge in [0.25, 0.3) is 15.9 Å². The second-order valence-electron chi connectivity index (χ2n) is 9.65. The molecule has 0 aromatic heterocycles. The van der Waals surface area contributed by atoms with Gasteiger partial charge in [-0.1, -0.05) is 60.2 Å². The molecule has 5 rings (SSSR count). The van der Waals surface area contributed by atoms with Crippen LogP contribution in [0, 0.1) is 6.92 Å². The van der Waals surface area contributed by atoms with Crippen LogP contribution in [0.2, 0.25) is 0 Å². The maximum absolute atomic E-state index is 12.7. The highest BCUT2D eigenvalue weighted by molar-refractivity contribution is 8.18. The number of amides is 2. The van der Waals surface area contributed by atoms with Crippen LogP contribution in [0.25, 0.3) is 17.2 Å². The normalized spacial score (nSPS) is 15.0. The molecule has 0 radical (unpaired) electrons. The van der Waals surface area contributed by atoms with Gasteiger partial charge in [0.05, 0.1) is 29.0 Å². The van der Waals surface area contributed by atoms with E-state index >= 15 is 0 Å². The van der Waals surface area contributed by atoms with Crippen LogP contribution >= 0.6 is 11.8 Å². The molecule has 0 spiro atoms. The highest BCUT2D eigenvalue weighted by Crippen LogP contribution is 2.39. The number of aliphatic imine (C=N–C) groups is 1. The molecule has 1 heterocycles. The molecular weight excluding hydrogens is 587 g/mol. The fourth-order valence-corrected chi connectivity index (χ4v) is 6.12. The Kier molecular flexibility index (Phi) is 8.65. The topological polar surface area (TPSA) is 134 Å². The highest BCUT2D eigenvalue weighted by Gasteiger charge is 2.24. The Labute approximate surface area is 253 Å². The Morgan fingerprint density at radius 3 is 2.40 bits per heavy atom. The van der Waals surface area contributed by atoms with Crippen molar-refractivity contribution in [3.63, 3.8) is 0 Å². The van der Waals surface area contributed by atoms with Crippen LogP contribution in [-0.4, -0.2) is 37.6 Å². The van der Waals surface area contributed by atoms with Crippen molar-refractivity contribution < 1.29 is 27.9 Å². The molecule has 1 saturated heterocycles. The molecule has 43 heavy (non-hydrogen) atoms. The average molecular weight is 614 g/mol. The van der Waals surface area contributed by atoms with Crippen molar-refractivity contribution in [2.75, 3.05) is 7.11 Å². The molecule has 1 aliphatic heterocycles. The van der Waals surface area contributed by atoms with Gasteiger partial charge in [0.2, 0.25) is 5.91 Å². The average Bonchev–Trinajstić information content (AvgIpc) is 3.33. The van der Waals surface area contributed by atoms with Crippen molar-refractivity contribution in [2.24, 2.45) is 4.99 Å². The largest absolute Gasteiger partial charge is 0.504 e. The molecule has 11 heteroatoms. The van der Waals surface area contributed by atoms with Gasteiger partial charge < -0.3 is 15.2 Å². The molecule has 1 fully saturated rings. The van der Waals surface area contributed by atoms with E-state index in [1.807, 2.05) is 37.3 Å². The first kappa shape index (κ1) is 29.6. The number of phenols is 1. The fourth-order valence-electron chi connectivity index (χ4n) is 4.29. The number of benzene rings is 4. The molecule has 0 aliphatic carbocycles. The van der Waals surface area contributed by atoms with E-state index in [-0.39, 0.29) is 28.7 Å². The molecule has 4 aromatic rings. The van der Waals surface area contributed by atoms with E-state index in [9.17, 15) is 23.1 Å². The third kappa shape index (κ3) is 7.14. The third-order valence-corrected chi connectivity index (χ3v) is 8.76. The SMILES string of the molecule is COc1cc(C=C2SC(=Nc3ccc(CC(=O)NS(=O)(=O)c4ccc(C)cc4)cc3)NC2=O)cc(-c2ccccc2)c1O. The first-order valence-corrected chi connectivity index (χ1v) is 15.4. The number of carbonyl (C=O) groups is 2. The van der Waals surface area contributed by atoms with Crippen LogP contribution in [-0.2, 0) is 26.0 Å². The number of ether oxygens (including phenoxy) is 1. The van der Waals surface area contributed by atoms with Gasteiger partial charge in [0, 0.05) is 5.56 Å². The highest BCUT2D eigenvalue weighted by atomic mass is 32.2. The van der Waals surface area contributed by atoms with E-state index in [0.717, 1.165) is 22.9 Å². The standard InChI is InChI=1S/C32H27N3O6S2/c1-20-8-14-25(15-9-20)43(39,40)35-29(36)19-21-10-12-24(13-11-21)33-32-34-31(38)28(42-32)18-22-16-26(23-6-4-3-5-7-23)30(37)27(17-22)41-2/h3-18,37H,19H2,1-2H3,(H,35,36)(H,33,34,38). The number of nitrogens with one attached hydrogen (secondary N) is 2. The number of carbonyl (C=O) groups excluding carboxylic acids is 2. The number of nitrogens with zero attached hydrogens (tertiary/aromatic N) is 1. The first-order valence-electron chi connectivity index (χ1n) is 13.1. The first-order chi connectivity index (χ1) is 20.6. The molecule has 0 saturated carbocycles. The summed E-state index contributed by atoms with van der Waals surface area (Å²) < 4.78 is 32.4. The number of hydrogen-bond acceptors (Lipinski definition) is 8. The van der Waals surface area contributed by atoms with Crippen molar-refractivity contribution in [1.82, 2.24) is 10.0 Å². The molecular formula is C32H27N3O6S2. The van der Waals surface area contributed by atoms with Gasteiger partial charge in [0.15, 0.2) is 16.7 Å². The summed E-state index contributed by atoms with van der Waals surface area (Å²) in [6.07, 6.45) is 1.56. The van der Waals surface area contributed by atoms with Crippen molar-refractivity contribution in [2.45, 2.75) is 18.2 Å². The van der Waals surface area contributed by atoms with E-state index in [1.54, 1.807) is 54.6 Å². The van der Waals surface area contributed by atoms with Crippen molar-refractivity contribution >= 4 is 50.5 Å². The lowest BCUT2D eigenvalue weighted by atomic mass is 10.0. The maximum atomic E-state index is 12.7. The minimum absolute atomic E-state index is 0.00967. The zero-order valence-corrected chi connectivity index (χ0v) is 24.8. The van der Waals surface area contributed by atoms with Crippen LogP contribution in [0.4, 0.5) is 5.69 Å². The number of sulfonamides is 1. The Morgan fingerprint density at radius 2 is 1.72 bits per heavy atom. The van der Waals surface area contributed by atoms with Crippen molar-refractivity contribution in [3.05, 3.63) is 113 Å².